The Labute approximate surface area is 118 Å². The first-order chi connectivity index (χ1) is 9.23. The lowest BCUT2D eigenvalue weighted by molar-refractivity contribution is 0.0697. The van der Waals surface area contributed by atoms with Gasteiger partial charge in [0.15, 0.2) is 0 Å². The minimum Gasteiger partial charge on any atom is -0.478 e. The van der Waals surface area contributed by atoms with Crippen molar-refractivity contribution in [3.8, 4) is 0 Å². The molecule has 1 aliphatic heterocycles. The monoisotopic (exact) mass is 298 g/mol. The molecule has 0 bridgehead atoms. The van der Waals surface area contributed by atoms with Crippen molar-refractivity contribution in [3.05, 3.63) is 23.8 Å². The van der Waals surface area contributed by atoms with Crippen molar-refractivity contribution in [2.45, 2.75) is 31.2 Å². The van der Waals surface area contributed by atoms with Gasteiger partial charge < -0.3 is 10.8 Å². The van der Waals surface area contributed by atoms with Gasteiger partial charge in [-0.3, -0.25) is 0 Å². The van der Waals surface area contributed by atoms with Gasteiger partial charge in [-0.05, 0) is 37.5 Å². The fourth-order valence-electron chi connectivity index (χ4n) is 2.64. The van der Waals surface area contributed by atoms with Crippen LogP contribution in [-0.4, -0.2) is 36.4 Å². The van der Waals surface area contributed by atoms with Crippen LogP contribution in [0.5, 0.6) is 0 Å². The highest BCUT2D eigenvalue weighted by molar-refractivity contribution is 7.89. The van der Waals surface area contributed by atoms with E-state index in [1.54, 1.807) is 0 Å². The molecule has 0 aliphatic carbocycles. The van der Waals surface area contributed by atoms with E-state index in [0.29, 0.717) is 12.5 Å². The van der Waals surface area contributed by atoms with Crippen molar-refractivity contribution >= 4 is 21.7 Å². The Balaban J connectivity index is 2.42. The summed E-state index contributed by atoms with van der Waals surface area (Å²) in [4.78, 5) is 10.8. The molecular weight excluding hydrogens is 280 g/mol. The Morgan fingerprint density at radius 3 is 2.50 bits per heavy atom. The fourth-order valence-corrected chi connectivity index (χ4v) is 4.50. The molecule has 1 saturated heterocycles. The molecular formula is C13H18N2O4S. The number of carboxylic acids is 1. The molecule has 0 radical (unpaired) electrons. The Hall–Kier alpha value is -1.60. The topological polar surface area (TPSA) is 101 Å². The molecule has 0 amide bonds. The summed E-state index contributed by atoms with van der Waals surface area (Å²) >= 11 is 0. The first kappa shape index (κ1) is 14.8. The number of hydrogen-bond acceptors (Lipinski definition) is 4. The maximum Gasteiger partial charge on any atom is 0.335 e. The van der Waals surface area contributed by atoms with Gasteiger partial charge in [0.05, 0.1) is 11.3 Å². The molecule has 2 unspecified atom stereocenters. The quantitative estimate of drug-likeness (QED) is 0.821. The van der Waals surface area contributed by atoms with Gasteiger partial charge in [-0.2, -0.15) is 4.31 Å². The molecule has 110 valence electrons. The number of nitrogens with two attached hydrogens (primary N) is 1. The van der Waals surface area contributed by atoms with Crippen molar-refractivity contribution in [3.63, 3.8) is 0 Å². The van der Waals surface area contributed by atoms with Crippen LogP contribution in [0.25, 0.3) is 0 Å². The van der Waals surface area contributed by atoms with E-state index in [4.69, 9.17) is 10.8 Å². The smallest absolute Gasteiger partial charge is 0.335 e. The summed E-state index contributed by atoms with van der Waals surface area (Å²) in [5.74, 6) is -0.830. The molecule has 3 N–H and O–H groups in total. The SMILES string of the molecule is CC1CC(C)N(S(=O)(=O)c2ccc(C(=O)O)cc2N)C1. The largest absolute Gasteiger partial charge is 0.478 e. The van der Waals surface area contributed by atoms with Gasteiger partial charge in [0.25, 0.3) is 0 Å². The molecule has 1 heterocycles. The molecule has 20 heavy (non-hydrogen) atoms. The number of nitrogen functional groups attached to an aromatic ring is 1. The third kappa shape index (κ3) is 2.51. The summed E-state index contributed by atoms with van der Waals surface area (Å²) in [5, 5.41) is 8.88. The number of sulfonamides is 1. The van der Waals surface area contributed by atoms with Crippen molar-refractivity contribution in [2.75, 3.05) is 12.3 Å². The van der Waals surface area contributed by atoms with E-state index in [9.17, 15) is 13.2 Å². The van der Waals surface area contributed by atoms with E-state index in [1.165, 1.54) is 22.5 Å². The Kier molecular flexibility index (Phi) is 3.75. The predicted molar refractivity (Wildman–Crippen MR) is 74.9 cm³/mol. The van der Waals surface area contributed by atoms with Crippen LogP contribution >= 0.6 is 0 Å². The standard InChI is InChI=1S/C13H18N2O4S/c1-8-5-9(2)15(7-8)20(18,19)12-4-3-10(13(16)17)6-11(12)14/h3-4,6,8-9H,5,7,14H2,1-2H3,(H,16,17). The number of carboxylic acid groups (broad SMARTS) is 1. The van der Waals surface area contributed by atoms with Gasteiger partial charge in [0.2, 0.25) is 10.0 Å². The van der Waals surface area contributed by atoms with Crippen molar-refractivity contribution in [1.82, 2.24) is 4.31 Å². The normalized spacial score (nSPS) is 23.9. The number of anilines is 1. The first-order valence-electron chi connectivity index (χ1n) is 6.38. The number of carbonyl (C=O) groups is 1. The zero-order chi connectivity index (χ0) is 15.1. The molecule has 1 fully saturated rings. The van der Waals surface area contributed by atoms with E-state index < -0.39 is 16.0 Å². The minimum absolute atomic E-state index is 0.0238. The van der Waals surface area contributed by atoms with Gasteiger partial charge in [0, 0.05) is 12.6 Å². The summed E-state index contributed by atoms with van der Waals surface area (Å²) in [5.41, 5.74) is 5.67. The van der Waals surface area contributed by atoms with Crippen molar-refractivity contribution in [1.29, 1.82) is 0 Å². The molecule has 2 atom stereocenters. The minimum atomic E-state index is -3.68. The van der Waals surface area contributed by atoms with Crippen LogP contribution in [0.3, 0.4) is 0 Å². The molecule has 0 spiro atoms. The molecule has 7 heteroatoms. The zero-order valence-corrected chi connectivity index (χ0v) is 12.2. The Bertz CT molecular complexity index is 642. The maximum absolute atomic E-state index is 12.6. The number of hydrogen-bond donors (Lipinski definition) is 2. The first-order valence-corrected chi connectivity index (χ1v) is 7.82. The van der Waals surface area contributed by atoms with E-state index in [-0.39, 0.29) is 22.2 Å². The maximum atomic E-state index is 12.6. The van der Waals surface area contributed by atoms with Crippen LogP contribution in [0, 0.1) is 5.92 Å². The lowest BCUT2D eigenvalue weighted by Gasteiger charge is -2.22. The van der Waals surface area contributed by atoms with Crippen LogP contribution in [0.15, 0.2) is 23.1 Å². The van der Waals surface area contributed by atoms with E-state index >= 15 is 0 Å². The number of nitrogens with zero attached hydrogens (tertiary/aromatic N) is 1. The number of rotatable bonds is 3. The zero-order valence-electron chi connectivity index (χ0n) is 11.4. The summed E-state index contributed by atoms with van der Waals surface area (Å²) in [6.45, 7) is 4.33. The highest BCUT2D eigenvalue weighted by Gasteiger charge is 2.37. The van der Waals surface area contributed by atoms with E-state index in [1.807, 2.05) is 13.8 Å². The molecule has 1 aromatic carbocycles. The van der Waals surface area contributed by atoms with E-state index in [0.717, 1.165) is 6.42 Å². The van der Waals surface area contributed by atoms with E-state index in [2.05, 4.69) is 0 Å². The average molecular weight is 298 g/mol. The summed E-state index contributed by atoms with van der Waals surface area (Å²) in [6, 6.07) is 3.63. The van der Waals surface area contributed by atoms with Gasteiger partial charge in [0.1, 0.15) is 4.90 Å². The highest BCUT2D eigenvalue weighted by Crippen LogP contribution is 2.31. The Morgan fingerprint density at radius 1 is 1.40 bits per heavy atom. The summed E-state index contributed by atoms with van der Waals surface area (Å²) in [6.07, 6.45) is 0.812. The van der Waals surface area contributed by atoms with Gasteiger partial charge in [-0.15, -0.1) is 0 Å². The predicted octanol–water partition coefficient (Wildman–Crippen LogP) is 1.39. The molecule has 0 aromatic heterocycles. The lowest BCUT2D eigenvalue weighted by Crippen LogP contribution is -2.34. The fraction of sp³-hybridized carbons (Fsp3) is 0.462. The van der Waals surface area contributed by atoms with Gasteiger partial charge in [-0.1, -0.05) is 6.92 Å². The highest BCUT2D eigenvalue weighted by atomic mass is 32.2. The molecule has 2 rings (SSSR count). The molecule has 1 aliphatic rings. The number of benzene rings is 1. The van der Waals surface area contributed by atoms with Gasteiger partial charge in [-0.25, -0.2) is 13.2 Å². The van der Waals surface area contributed by atoms with Crippen molar-refractivity contribution < 1.29 is 18.3 Å². The second-order valence-electron chi connectivity index (χ2n) is 5.32. The Morgan fingerprint density at radius 2 is 2.05 bits per heavy atom. The van der Waals surface area contributed by atoms with Crippen molar-refractivity contribution in [2.24, 2.45) is 5.92 Å². The summed E-state index contributed by atoms with van der Waals surface area (Å²) < 4.78 is 26.6. The van der Waals surface area contributed by atoms with Crippen LogP contribution in [0.2, 0.25) is 0 Å². The van der Waals surface area contributed by atoms with Gasteiger partial charge >= 0.3 is 5.97 Å². The molecule has 1 aromatic rings. The van der Waals surface area contributed by atoms with Crippen LogP contribution in [0.4, 0.5) is 5.69 Å². The molecule has 0 saturated carbocycles. The second kappa shape index (κ2) is 5.06. The molecule has 6 nitrogen and oxygen atoms in total. The second-order valence-corrected chi connectivity index (χ2v) is 7.18. The van der Waals surface area contributed by atoms with Crippen LogP contribution in [-0.2, 0) is 10.0 Å². The number of aromatic carboxylic acids is 1. The lowest BCUT2D eigenvalue weighted by atomic mass is 10.1. The third-order valence-corrected chi connectivity index (χ3v) is 5.62. The summed E-state index contributed by atoms with van der Waals surface area (Å²) in [7, 11) is -3.68. The third-order valence-electron chi connectivity index (χ3n) is 3.57. The van der Waals surface area contributed by atoms with Crippen LogP contribution in [0.1, 0.15) is 30.6 Å². The average Bonchev–Trinajstić information content (AvgIpc) is 2.68. The van der Waals surface area contributed by atoms with Crippen LogP contribution < -0.4 is 5.73 Å².